The lowest BCUT2D eigenvalue weighted by Crippen LogP contribution is -2.23. The Morgan fingerprint density at radius 3 is 2.62 bits per heavy atom. The lowest BCUT2D eigenvalue weighted by atomic mass is 10.1. The fraction of sp³-hybridized carbons (Fsp3) is 0.133. The second kappa shape index (κ2) is 6.49. The van der Waals surface area contributed by atoms with Gasteiger partial charge in [0.1, 0.15) is 5.69 Å². The smallest absolute Gasteiger partial charge is 0.354 e. The number of carbonyl (C=O) groups excluding carboxylic acids is 1. The van der Waals surface area contributed by atoms with Crippen LogP contribution in [0.2, 0.25) is 0 Å². The van der Waals surface area contributed by atoms with Crippen molar-refractivity contribution in [2.45, 2.75) is 13.5 Å². The Kier molecular flexibility index (Phi) is 4.70. The van der Waals surface area contributed by atoms with E-state index in [2.05, 4.69) is 26.2 Å². The van der Waals surface area contributed by atoms with Crippen molar-refractivity contribution in [3.05, 3.63) is 63.4 Å². The molecule has 21 heavy (non-hydrogen) atoms. The average molecular weight is 349 g/mol. The van der Waals surface area contributed by atoms with Gasteiger partial charge in [-0.15, -0.1) is 0 Å². The molecule has 1 aromatic heterocycles. The fourth-order valence-electron chi connectivity index (χ4n) is 1.81. The molecule has 0 atom stereocenters. The number of rotatable bonds is 4. The summed E-state index contributed by atoms with van der Waals surface area (Å²) in [4.78, 5) is 26.5. The number of nitrogens with one attached hydrogen (secondary N) is 1. The Balaban J connectivity index is 2.02. The second-order valence-electron chi connectivity index (χ2n) is 4.56. The third-order valence-electron chi connectivity index (χ3n) is 2.80. The molecule has 0 aliphatic carbocycles. The van der Waals surface area contributed by atoms with Crippen LogP contribution in [0.5, 0.6) is 0 Å². The predicted molar refractivity (Wildman–Crippen MR) is 81.2 cm³/mol. The van der Waals surface area contributed by atoms with Crippen molar-refractivity contribution in [2.75, 3.05) is 0 Å². The van der Waals surface area contributed by atoms with Crippen LogP contribution in [-0.2, 0) is 6.54 Å². The van der Waals surface area contributed by atoms with Crippen LogP contribution in [-0.4, -0.2) is 22.0 Å². The molecule has 5 nitrogen and oxygen atoms in total. The number of nitrogens with zero attached hydrogens (tertiary/aromatic N) is 1. The Bertz CT molecular complexity index is 664. The van der Waals surface area contributed by atoms with Crippen LogP contribution < -0.4 is 5.32 Å². The average Bonchev–Trinajstić information content (AvgIpc) is 2.44. The molecule has 0 aliphatic heterocycles. The number of aromatic carboxylic acids is 1. The maximum atomic E-state index is 12.1. The molecular formula is C15H13BrN2O3. The van der Waals surface area contributed by atoms with Crippen LogP contribution in [0.3, 0.4) is 0 Å². The molecule has 1 heterocycles. The highest BCUT2D eigenvalue weighted by molar-refractivity contribution is 9.10. The zero-order valence-corrected chi connectivity index (χ0v) is 12.8. The van der Waals surface area contributed by atoms with Gasteiger partial charge in [-0.3, -0.25) is 4.79 Å². The lowest BCUT2D eigenvalue weighted by molar-refractivity contribution is 0.0690. The number of carbonyl (C=O) groups is 2. The molecular weight excluding hydrogens is 336 g/mol. The van der Waals surface area contributed by atoms with Crippen LogP contribution in [0.25, 0.3) is 0 Å². The summed E-state index contributed by atoms with van der Waals surface area (Å²) in [5.74, 6) is -1.27. The highest BCUT2D eigenvalue weighted by Gasteiger charge is 2.08. The van der Waals surface area contributed by atoms with E-state index in [-0.39, 0.29) is 18.1 Å². The van der Waals surface area contributed by atoms with Crippen molar-refractivity contribution in [1.82, 2.24) is 10.3 Å². The molecule has 0 radical (unpaired) electrons. The molecule has 108 valence electrons. The van der Waals surface area contributed by atoms with Gasteiger partial charge in [0.05, 0.1) is 0 Å². The summed E-state index contributed by atoms with van der Waals surface area (Å²) in [5.41, 5.74) is 2.27. The molecule has 0 bridgehead atoms. The Labute approximate surface area is 130 Å². The normalized spacial score (nSPS) is 10.2. The minimum atomic E-state index is -1.07. The van der Waals surface area contributed by atoms with E-state index in [1.165, 1.54) is 12.3 Å². The molecule has 1 aromatic carbocycles. The Morgan fingerprint density at radius 2 is 2.05 bits per heavy atom. The number of hydrogen-bond acceptors (Lipinski definition) is 3. The highest BCUT2D eigenvalue weighted by Crippen LogP contribution is 2.15. The van der Waals surface area contributed by atoms with E-state index >= 15 is 0 Å². The fourth-order valence-corrected chi connectivity index (χ4v) is 2.42. The summed E-state index contributed by atoms with van der Waals surface area (Å²) in [6.07, 6.45) is 1.44. The number of amides is 1. The predicted octanol–water partition coefficient (Wildman–Crippen LogP) is 2.78. The molecule has 2 rings (SSSR count). The van der Waals surface area contributed by atoms with Crippen LogP contribution in [0.15, 0.2) is 41.0 Å². The van der Waals surface area contributed by atoms with Gasteiger partial charge in [0.25, 0.3) is 5.91 Å². The van der Waals surface area contributed by atoms with E-state index in [0.717, 1.165) is 15.6 Å². The molecule has 0 saturated carbocycles. The lowest BCUT2D eigenvalue weighted by Gasteiger charge is -2.07. The van der Waals surface area contributed by atoms with Gasteiger partial charge in [-0.05, 0) is 42.3 Å². The first-order chi connectivity index (χ1) is 9.95. The Morgan fingerprint density at radius 1 is 1.29 bits per heavy atom. The summed E-state index contributed by atoms with van der Waals surface area (Å²) in [5, 5.41) is 11.5. The largest absolute Gasteiger partial charge is 0.477 e. The van der Waals surface area contributed by atoms with Crippen molar-refractivity contribution < 1.29 is 14.7 Å². The van der Waals surface area contributed by atoms with Gasteiger partial charge in [0.2, 0.25) is 0 Å². The van der Waals surface area contributed by atoms with Gasteiger partial charge in [-0.2, -0.15) is 0 Å². The minimum absolute atomic E-state index is 0.0207. The summed E-state index contributed by atoms with van der Waals surface area (Å²) in [7, 11) is 0. The molecule has 2 aromatic rings. The van der Waals surface area contributed by atoms with E-state index in [1.54, 1.807) is 18.2 Å². The number of aryl methyl sites for hydroxylation is 1. The number of carboxylic acids is 1. The zero-order chi connectivity index (χ0) is 15.4. The van der Waals surface area contributed by atoms with Crippen LogP contribution >= 0.6 is 15.9 Å². The van der Waals surface area contributed by atoms with E-state index in [4.69, 9.17) is 5.11 Å². The van der Waals surface area contributed by atoms with E-state index in [9.17, 15) is 9.59 Å². The number of halogens is 1. The van der Waals surface area contributed by atoms with Gasteiger partial charge < -0.3 is 10.4 Å². The third kappa shape index (κ3) is 4.13. The first-order valence-electron chi connectivity index (χ1n) is 6.19. The maximum absolute atomic E-state index is 12.1. The molecule has 2 N–H and O–H groups in total. The van der Waals surface area contributed by atoms with Crippen LogP contribution in [0.1, 0.15) is 32.0 Å². The van der Waals surface area contributed by atoms with Gasteiger partial charge in [0, 0.05) is 22.8 Å². The molecule has 0 spiro atoms. The van der Waals surface area contributed by atoms with Crippen LogP contribution in [0.4, 0.5) is 0 Å². The van der Waals surface area contributed by atoms with Crippen molar-refractivity contribution in [1.29, 1.82) is 0 Å². The maximum Gasteiger partial charge on any atom is 0.354 e. The van der Waals surface area contributed by atoms with Gasteiger partial charge in [-0.25, -0.2) is 9.78 Å². The Hall–Kier alpha value is -2.21. The molecule has 0 saturated heterocycles. The molecule has 1 amide bonds. The molecule has 6 heteroatoms. The van der Waals surface area contributed by atoms with Crippen molar-refractivity contribution in [3.63, 3.8) is 0 Å². The summed E-state index contributed by atoms with van der Waals surface area (Å²) < 4.78 is 0.847. The third-order valence-corrected chi connectivity index (χ3v) is 3.26. The summed E-state index contributed by atoms with van der Waals surface area (Å²) in [6.45, 7) is 2.20. The van der Waals surface area contributed by atoms with Crippen molar-refractivity contribution in [2.24, 2.45) is 0 Å². The van der Waals surface area contributed by atoms with Crippen LogP contribution in [0, 0.1) is 6.92 Å². The summed E-state index contributed by atoms with van der Waals surface area (Å²) in [6, 6.07) is 8.50. The molecule has 0 fully saturated rings. The number of aromatic nitrogens is 1. The monoisotopic (exact) mass is 348 g/mol. The highest BCUT2D eigenvalue weighted by atomic mass is 79.9. The topological polar surface area (TPSA) is 79.3 Å². The van der Waals surface area contributed by atoms with Gasteiger partial charge in [0.15, 0.2) is 0 Å². The van der Waals surface area contributed by atoms with Gasteiger partial charge in [-0.1, -0.05) is 22.0 Å². The SMILES string of the molecule is Cc1cc(Br)cc(C(=O)NCc2ccc(C(=O)O)nc2)c1. The van der Waals surface area contributed by atoms with Crippen molar-refractivity contribution in [3.8, 4) is 0 Å². The standard InChI is InChI=1S/C15H13BrN2O3/c1-9-4-11(6-12(16)5-9)14(19)18-8-10-2-3-13(15(20)21)17-7-10/h2-7H,8H2,1H3,(H,18,19)(H,20,21). The van der Waals surface area contributed by atoms with Crippen molar-refractivity contribution >= 4 is 27.8 Å². The minimum Gasteiger partial charge on any atom is -0.477 e. The first kappa shape index (κ1) is 15.2. The molecule has 0 unspecified atom stereocenters. The second-order valence-corrected chi connectivity index (χ2v) is 5.47. The summed E-state index contributed by atoms with van der Waals surface area (Å²) >= 11 is 3.35. The number of carboxylic acid groups (broad SMARTS) is 1. The zero-order valence-electron chi connectivity index (χ0n) is 11.3. The first-order valence-corrected chi connectivity index (χ1v) is 6.98. The molecule has 0 aliphatic rings. The van der Waals surface area contributed by atoms with Gasteiger partial charge >= 0.3 is 5.97 Å². The number of hydrogen-bond donors (Lipinski definition) is 2. The van der Waals surface area contributed by atoms with E-state index < -0.39 is 5.97 Å². The van der Waals surface area contributed by atoms with E-state index in [0.29, 0.717) is 5.56 Å². The number of pyridine rings is 1. The quantitative estimate of drug-likeness (QED) is 0.890. The number of benzene rings is 1. The van der Waals surface area contributed by atoms with E-state index in [1.807, 2.05) is 13.0 Å².